The molecule has 0 aromatic rings. The van der Waals surface area contributed by atoms with Crippen LogP contribution in [0, 0.1) is 0 Å². The Morgan fingerprint density at radius 2 is 1.41 bits per heavy atom. The zero-order chi connectivity index (χ0) is 12.9. The van der Waals surface area contributed by atoms with Crippen molar-refractivity contribution in [2.45, 2.75) is 65.2 Å². The fourth-order valence-electron chi connectivity index (χ4n) is 1.84. The van der Waals surface area contributed by atoms with Gasteiger partial charge in [0, 0.05) is 0 Å². The molecule has 0 aromatic carbocycles. The van der Waals surface area contributed by atoms with E-state index in [1.165, 1.54) is 68.8 Å². The molecule has 0 fully saturated rings. The third-order valence-electron chi connectivity index (χ3n) is 2.94. The molecular weight excluding hydrogens is 435 g/mol. The molecule has 0 aliphatic rings. The molecule has 0 spiro atoms. The Morgan fingerprint density at radius 3 is 1.76 bits per heavy atom. The second kappa shape index (κ2) is 13.6. The summed E-state index contributed by atoms with van der Waals surface area (Å²) in [4.78, 5) is 2.46. The van der Waals surface area contributed by atoms with Crippen LogP contribution in [0.4, 0.5) is 0 Å². The minimum absolute atomic E-state index is 0.739. The molecule has 0 N–H and O–H groups in total. The molecule has 0 radical (unpaired) electrons. The van der Waals surface area contributed by atoms with Crippen LogP contribution in [0.1, 0.15) is 65.2 Å². The van der Waals surface area contributed by atoms with Gasteiger partial charge in [0.15, 0.2) is 0 Å². The van der Waals surface area contributed by atoms with Crippen molar-refractivity contribution >= 4 is 24.8 Å². The molecule has 1 nitrogen and oxygen atoms in total. The van der Waals surface area contributed by atoms with Crippen LogP contribution in [0.15, 0.2) is 0 Å². The Bertz CT molecular complexity index is 176. The van der Waals surface area contributed by atoms with Gasteiger partial charge in [-0.15, -0.1) is 0 Å². The van der Waals surface area contributed by atoms with Crippen LogP contribution in [0.2, 0.25) is 0 Å². The summed E-state index contributed by atoms with van der Waals surface area (Å²) >= 11 is 6.21. The van der Waals surface area contributed by atoms with Gasteiger partial charge in [0.25, 0.3) is 0 Å². The number of unbranched alkanes of at least 4 members (excludes halogenated alkanes) is 6. The normalized spacial score (nSPS) is 10.6. The van der Waals surface area contributed by atoms with Gasteiger partial charge >= 0.3 is 133 Å². The van der Waals surface area contributed by atoms with Gasteiger partial charge < -0.3 is 0 Å². The van der Waals surface area contributed by atoms with Crippen LogP contribution < -0.4 is 0 Å². The van der Waals surface area contributed by atoms with Gasteiger partial charge in [0.1, 0.15) is 0 Å². The summed E-state index contributed by atoms with van der Waals surface area (Å²) in [6.45, 7) is 6.91. The van der Waals surface area contributed by atoms with Crippen molar-refractivity contribution in [1.29, 1.82) is 0 Å². The fourth-order valence-corrected chi connectivity index (χ4v) is 4.52. The van der Waals surface area contributed by atoms with Gasteiger partial charge in [0.2, 0.25) is 0 Å². The van der Waals surface area contributed by atoms with Gasteiger partial charge in [-0.25, -0.2) is 0 Å². The zero-order valence-electron chi connectivity index (χ0n) is 11.5. The topological polar surface area (TPSA) is 3.24 Å². The van der Waals surface area contributed by atoms with Gasteiger partial charge in [-0.3, -0.25) is 0 Å². The van der Waals surface area contributed by atoms with Crippen LogP contribution in [-0.4, -0.2) is 22.3 Å². The molecule has 17 heavy (non-hydrogen) atoms. The summed E-state index contributed by atoms with van der Waals surface area (Å²) in [5.74, 6) is 0. The molecule has 0 atom stereocenters. The Kier molecular flexibility index (Phi) is 14.5. The zero-order valence-corrected chi connectivity index (χ0v) is 18.7. The minimum atomic E-state index is 0.739. The van der Waals surface area contributed by atoms with Gasteiger partial charge in [-0.05, 0) is 0 Å². The molecule has 0 aliphatic heterocycles. The predicted octanol–water partition coefficient (Wildman–Crippen LogP) is 4.93. The Morgan fingerprint density at radius 1 is 0.941 bits per heavy atom. The number of hydrogen-bond donors (Lipinski definition) is 0. The summed E-state index contributed by atoms with van der Waals surface area (Å²) in [6.07, 6.45) is 10.7. The van der Waals surface area contributed by atoms with Crippen molar-refractivity contribution in [2.75, 3.05) is 13.1 Å². The number of rotatable bonds is 10. The molecule has 0 unspecified atom stereocenters. The first-order valence-corrected chi connectivity index (χ1v) is 15.1. The van der Waals surface area contributed by atoms with E-state index in [2.05, 4.69) is 18.7 Å². The maximum atomic E-state index is 5.47. The summed E-state index contributed by atoms with van der Waals surface area (Å²) in [5, 5.41) is 0. The molecule has 97 valence electrons. The van der Waals surface area contributed by atoms with Crippen LogP contribution in [0.25, 0.3) is 0 Å². The first-order chi connectivity index (χ1) is 8.26. The maximum absolute atomic E-state index is 5.47. The standard InChI is InChI=1S/C13H27NS2.Hg/c1-3-5-7-9-11-14(13(15)16)12-10-8-6-4-2;/h3-12H2,1-2H3,(H,15,16);/q;+1/p-1. The second-order valence-corrected chi connectivity index (χ2v) is 9.21. The van der Waals surface area contributed by atoms with Crippen molar-refractivity contribution in [1.82, 2.24) is 4.90 Å². The van der Waals surface area contributed by atoms with Gasteiger partial charge in [-0.2, -0.15) is 0 Å². The third kappa shape index (κ3) is 10.8. The van der Waals surface area contributed by atoms with E-state index >= 15 is 0 Å². The molecule has 4 heteroatoms. The summed E-state index contributed by atoms with van der Waals surface area (Å²) in [5.41, 5.74) is 0. The molecule has 0 amide bonds. The first kappa shape index (κ1) is 18.2. The van der Waals surface area contributed by atoms with Crippen LogP contribution >= 0.6 is 20.5 Å². The van der Waals surface area contributed by atoms with Crippen molar-refractivity contribution in [2.24, 2.45) is 0 Å². The SMILES string of the molecule is CCCCCCN(CCCCCC)C(=S)[S][Hg]. The first-order valence-electron chi connectivity index (χ1n) is 6.97. The van der Waals surface area contributed by atoms with Crippen LogP contribution in [0.3, 0.4) is 0 Å². The second-order valence-electron chi connectivity index (χ2n) is 4.52. The van der Waals surface area contributed by atoms with Crippen molar-refractivity contribution in [3.63, 3.8) is 0 Å². The quantitative estimate of drug-likeness (QED) is 0.258. The van der Waals surface area contributed by atoms with E-state index in [1.807, 2.05) is 8.24 Å². The van der Waals surface area contributed by atoms with E-state index in [0.29, 0.717) is 0 Å². The number of thiocarbonyl (C=S) groups is 1. The Hall–Kier alpha value is 1.18. The average Bonchev–Trinajstić information content (AvgIpc) is 2.36. The molecule has 0 saturated carbocycles. The number of hydrogen-bond acceptors (Lipinski definition) is 2. The van der Waals surface area contributed by atoms with E-state index in [9.17, 15) is 0 Å². The molecule has 0 aliphatic carbocycles. The van der Waals surface area contributed by atoms with Crippen molar-refractivity contribution in [3.8, 4) is 0 Å². The average molecular weight is 461 g/mol. The molecule has 0 rings (SSSR count). The van der Waals surface area contributed by atoms with Crippen molar-refractivity contribution < 1.29 is 24.6 Å². The summed E-state index contributed by atoms with van der Waals surface area (Å²) < 4.78 is 1.17. The van der Waals surface area contributed by atoms with Crippen LogP contribution in [0.5, 0.6) is 0 Å². The van der Waals surface area contributed by atoms with E-state index in [-0.39, 0.29) is 0 Å². The van der Waals surface area contributed by atoms with E-state index in [0.717, 1.165) is 24.6 Å². The monoisotopic (exact) mass is 462 g/mol. The Labute approximate surface area is 132 Å². The van der Waals surface area contributed by atoms with Crippen LogP contribution in [-0.2, 0) is 24.6 Å². The molecule has 0 bridgehead atoms. The predicted molar refractivity (Wildman–Crippen MR) is 80.0 cm³/mol. The summed E-state index contributed by atoms with van der Waals surface area (Å²) in [6, 6.07) is 0. The van der Waals surface area contributed by atoms with E-state index in [4.69, 9.17) is 12.2 Å². The Balaban J connectivity index is 3.76. The molecule has 0 saturated heterocycles. The van der Waals surface area contributed by atoms with E-state index < -0.39 is 0 Å². The van der Waals surface area contributed by atoms with Gasteiger partial charge in [0.05, 0.1) is 0 Å². The number of nitrogens with zero attached hydrogens (tertiary/aromatic N) is 1. The molecule has 0 aromatic heterocycles. The van der Waals surface area contributed by atoms with E-state index in [1.54, 1.807) is 0 Å². The van der Waals surface area contributed by atoms with Gasteiger partial charge in [-0.1, -0.05) is 0 Å². The fraction of sp³-hybridized carbons (Fsp3) is 0.923. The molecular formula is C13H26HgNS2. The third-order valence-corrected chi connectivity index (χ3v) is 9.69. The summed E-state index contributed by atoms with van der Waals surface area (Å²) in [7, 11) is 1.91. The van der Waals surface area contributed by atoms with Crippen molar-refractivity contribution in [3.05, 3.63) is 0 Å². The molecule has 0 heterocycles.